The number of benzene rings is 1. The molecule has 1 unspecified atom stereocenters. The van der Waals surface area contributed by atoms with Gasteiger partial charge in [-0.25, -0.2) is 4.68 Å². The first-order chi connectivity index (χ1) is 7.66. The molecule has 0 saturated heterocycles. The minimum atomic E-state index is -0.181. The molecule has 1 heterocycles. The highest BCUT2D eigenvalue weighted by atomic mass is 35.5. The number of tetrazole rings is 1. The van der Waals surface area contributed by atoms with Gasteiger partial charge in [0.05, 0.1) is 11.9 Å². The molecule has 0 aliphatic rings. The number of nitrogens with zero attached hydrogens (tertiary/aromatic N) is 4. The van der Waals surface area contributed by atoms with Gasteiger partial charge in [0.15, 0.2) is 5.82 Å². The molecule has 0 spiro atoms. The minimum absolute atomic E-state index is 0.181. The third-order valence-electron chi connectivity index (χ3n) is 2.33. The number of alkyl halides is 1. The van der Waals surface area contributed by atoms with Crippen LogP contribution >= 0.6 is 11.6 Å². The van der Waals surface area contributed by atoms with E-state index in [2.05, 4.69) is 40.6 Å². The van der Waals surface area contributed by atoms with E-state index >= 15 is 0 Å². The highest BCUT2D eigenvalue weighted by Gasteiger charge is 2.11. The van der Waals surface area contributed by atoms with E-state index < -0.39 is 0 Å². The SMILES string of the molecule is Cc1cccc(Cn2nnnc2C(C)Cl)c1. The van der Waals surface area contributed by atoms with Gasteiger partial charge in [-0.05, 0) is 29.8 Å². The summed E-state index contributed by atoms with van der Waals surface area (Å²) in [6.45, 7) is 4.58. The second kappa shape index (κ2) is 4.61. The van der Waals surface area contributed by atoms with Crippen molar-refractivity contribution in [3.05, 3.63) is 41.2 Å². The van der Waals surface area contributed by atoms with E-state index in [1.807, 2.05) is 13.0 Å². The van der Waals surface area contributed by atoms with Crippen LogP contribution in [0.25, 0.3) is 0 Å². The van der Waals surface area contributed by atoms with Crippen LogP contribution in [0.15, 0.2) is 24.3 Å². The molecule has 2 rings (SSSR count). The van der Waals surface area contributed by atoms with Crippen molar-refractivity contribution in [1.82, 2.24) is 20.2 Å². The third kappa shape index (κ3) is 2.39. The molecule has 5 heteroatoms. The Balaban J connectivity index is 2.24. The van der Waals surface area contributed by atoms with Crippen LogP contribution in [0.4, 0.5) is 0 Å². The van der Waals surface area contributed by atoms with Crippen molar-refractivity contribution in [3.8, 4) is 0 Å². The molecule has 0 aliphatic heterocycles. The van der Waals surface area contributed by atoms with Gasteiger partial charge in [-0.1, -0.05) is 29.8 Å². The molecule has 1 aromatic heterocycles. The molecule has 0 aliphatic carbocycles. The lowest BCUT2D eigenvalue weighted by molar-refractivity contribution is 0.618. The predicted octanol–water partition coefficient (Wildman–Crippen LogP) is 2.33. The van der Waals surface area contributed by atoms with Crippen LogP contribution in [-0.4, -0.2) is 20.2 Å². The number of rotatable bonds is 3. The molecule has 1 atom stereocenters. The van der Waals surface area contributed by atoms with Crippen LogP contribution in [0.1, 0.15) is 29.3 Å². The summed E-state index contributed by atoms with van der Waals surface area (Å²) in [7, 11) is 0. The molecule has 1 aromatic carbocycles. The Labute approximate surface area is 99.2 Å². The van der Waals surface area contributed by atoms with Gasteiger partial charge in [0, 0.05) is 0 Å². The van der Waals surface area contributed by atoms with Gasteiger partial charge >= 0.3 is 0 Å². The molecule has 4 nitrogen and oxygen atoms in total. The number of hydrogen-bond donors (Lipinski definition) is 0. The Kier molecular flexibility index (Phi) is 3.19. The molecular weight excluding hydrogens is 224 g/mol. The summed E-state index contributed by atoms with van der Waals surface area (Å²) in [4.78, 5) is 0. The summed E-state index contributed by atoms with van der Waals surface area (Å²) in [5, 5.41) is 11.3. The molecule has 16 heavy (non-hydrogen) atoms. The van der Waals surface area contributed by atoms with E-state index in [1.165, 1.54) is 11.1 Å². The van der Waals surface area contributed by atoms with Gasteiger partial charge in [0.25, 0.3) is 0 Å². The fourth-order valence-corrected chi connectivity index (χ4v) is 1.75. The molecule has 0 N–H and O–H groups in total. The molecule has 2 aromatic rings. The van der Waals surface area contributed by atoms with E-state index in [9.17, 15) is 0 Å². The quantitative estimate of drug-likeness (QED) is 0.769. The van der Waals surface area contributed by atoms with Crippen molar-refractivity contribution >= 4 is 11.6 Å². The first kappa shape index (κ1) is 11.1. The van der Waals surface area contributed by atoms with Crippen molar-refractivity contribution in [2.24, 2.45) is 0 Å². The summed E-state index contributed by atoms with van der Waals surface area (Å²) in [6.07, 6.45) is 0. The first-order valence-electron chi connectivity index (χ1n) is 5.12. The second-order valence-corrected chi connectivity index (χ2v) is 4.45. The monoisotopic (exact) mass is 236 g/mol. The molecule has 0 amide bonds. The average molecular weight is 237 g/mol. The largest absolute Gasteiger partial charge is 0.224 e. The van der Waals surface area contributed by atoms with Gasteiger partial charge in [0.1, 0.15) is 0 Å². The smallest absolute Gasteiger partial charge is 0.169 e. The van der Waals surface area contributed by atoms with Gasteiger partial charge < -0.3 is 0 Å². The van der Waals surface area contributed by atoms with E-state index in [0.29, 0.717) is 12.4 Å². The zero-order valence-electron chi connectivity index (χ0n) is 9.26. The Morgan fingerprint density at radius 3 is 2.94 bits per heavy atom. The van der Waals surface area contributed by atoms with E-state index in [1.54, 1.807) is 4.68 Å². The van der Waals surface area contributed by atoms with Gasteiger partial charge in [-0.3, -0.25) is 0 Å². The van der Waals surface area contributed by atoms with Crippen molar-refractivity contribution in [2.75, 3.05) is 0 Å². The molecule has 0 bridgehead atoms. The summed E-state index contributed by atoms with van der Waals surface area (Å²) in [6, 6.07) is 8.26. The summed E-state index contributed by atoms with van der Waals surface area (Å²) in [5.41, 5.74) is 2.40. The van der Waals surface area contributed by atoms with Crippen LogP contribution in [-0.2, 0) is 6.54 Å². The van der Waals surface area contributed by atoms with Crippen LogP contribution in [0.5, 0.6) is 0 Å². The van der Waals surface area contributed by atoms with Crippen LogP contribution in [0.2, 0.25) is 0 Å². The van der Waals surface area contributed by atoms with Gasteiger partial charge in [0.2, 0.25) is 0 Å². The lowest BCUT2D eigenvalue weighted by Gasteiger charge is -2.06. The van der Waals surface area contributed by atoms with E-state index in [4.69, 9.17) is 11.6 Å². The van der Waals surface area contributed by atoms with Crippen molar-refractivity contribution in [1.29, 1.82) is 0 Å². The summed E-state index contributed by atoms with van der Waals surface area (Å²) < 4.78 is 1.73. The van der Waals surface area contributed by atoms with Crippen molar-refractivity contribution in [2.45, 2.75) is 25.8 Å². The average Bonchev–Trinajstić information content (AvgIpc) is 2.66. The normalized spacial score (nSPS) is 12.7. The van der Waals surface area contributed by atoms with Gasteiger partial charge in [-0.15, -0.1) is 16.7 Å². The fourth-order valence-electron chi connectivity index (χ4n) is 1.59. The molecule has 0 fully saturated rings. The number of hydrogen-bond acceptors (Lipinski definition) is 3. The Bertz CT molecular complexity index is 478. The van der Waals surface area contributed by atoms with Gasteiger partial charge in [-0.2, -0.15) is 0 Å². The highest BCUT2D eigenvalue weighted by Crippen LogP contribution is 2.16. The first-order valence-corrected chi connectivity index (χ1v) is 5.56. The van der Waals surface area contributed by atoms with Crippen LogP contribution in [0, 0.1) is 6.92 Å². The molecule has 0 radical (unpaired) electrons. The maximum absolute atomic E-state index is 5.98. The summed E-state index contributed by atoms with van der Waals surface area (Å²) >= 11 is 5.98. The molecular formula is C11H13ClN4. The zero-order valence-corrected chi connectivity index (χ0v) is 10.0. The molecule has 0 saturated carbocycles. The standard InChI is InChI=1S/C11H13ClN4/c1-8-4-3-5-10(6-8)7-16-11(9(2)12)13-14-15-16/h3-6,9H,7H2,1-2H3. The van der Waals surface area contributed by atoms with Crippen LogP contribution in [0.3, 0.4) is 0 Å². The zero-order chi connectivity index (χ0) is 11.5. The van der Waals surface area contributed by atoms with E-state index in [0.717, 1.165) is 0 Å². The lowest BCUT2D eigenvalue weighted by atomic mass is 10.1. The second-order valence-electron chi connectivity index (χ2n) is 3.80. The number of aromatic nitrogens is 4. The third-order valence-corrected chi connectivity index (χ3v) is 2.53. The Morgan fingerprint density at radius 1 is 1.44 bits per heavy atom. The maximum Gasteiger partial charge on any atom is 0.169 e. The highest BCUT2D eigenvalue weighted by molar-refractivity contribution is 6.20. The minimum Gasteiger partial charge on any atom is -0.224 e. The van der Waals surface area contributed by atoms with Crippen LogP contribution < -0.4 is 0 Å². The van der Waals surface area contributed by atoms with Crippen molar-refractivity contribution in [3.63, 3.8) is 0 Å². The fraction of sp³-hybridized carbons (Fsp3) is 0.364. The predicted molar refractivity (Wildman–Crippen MR) is 62.4 cm³/mol. The van der Waals surface area contributed by atoms with E-state index in [-0.39, 0.29) is 5.38 Å². The maximum atomic E-state index is 5.98. The topological polar surface area (TPSA) is 43.6 Å². The molecule has 84 valence electrons. The Hall–Kier alpha value is -1.42. The lowest BCUT2D eigenvalue weighted by Crippen LogP contribution is -2.07. The number of halogens is 1. The number of aryl methyl sites for hydroxylation is 1. The summed E-state index contributed by atoms with van der Waals surface area (Å²) in [5.74, 6) is 0.697. The Morgan fingerprint density at radius 2 is 2.25 bits per heavy atom. The van der Waals surface area contributed by atoms with Crippen molar-refractivity contribution < 1.29 is 0 Å².